The van der Waals surface area contributed by atoms with E-state index in [2.05, 4.69) is 4.90 Å². The van der Waals surface area contributed by atoms with E-state index < -0.39 is 0 Å². The molecule has 0 aromatic heterocycles. The lowest BCUT2D eigenvalue weighted by Crippen LogP contribution is -2.46. The van der Waals surface area contributed by atoms with Gasteiger partial charge in [0.1, 0.15) is 0 Å². The van der Waals surface area contributed by atoms with Crippen LogP contribution in [0.1, 0.15) is 24.8 Å². The number of hydrogen-bond donors (Lipinski definition) is 0. The van der Waals surface area contributed by atoms with Gasteiger partial charge in [0.2, 0.25) is 0 Å². The summed E-state index contributed by atoms with van der Waals surface area (Å²) in [5.41, 5.74) is 1.11. The fraction of sp³-hybridized carbons (Fsp3) is 0.600. The van der Waals surface area contributed by atoms with Crippen molar-refractivity contribution < 1.29 is 9.47 Å². The predicted octanol–water partition coefficient (Wildman–Crippen LogP) is 3.72. The summed E-state index contributed by atoms with van der Waals surface area (Å²) >= 11 is 12.2. The van der Waals surface area contributed by atoms with Crippen LogP contribution in [0.25, 0.3) is 0 Å². The molecule has 0 aliphatic carbocycles. The molecule has 0 spiro atoms. The molecule has 1 aromatic carbocycles. The number of piperidine rings is 1. The minimum Gasteiger partial charge on any atom is -0.349 e. The van der Waals surface area contributed by atoms with Crippen LogP contribution in [-0.2, 0) is 16.0 Å². The number of hydrogen-bond acceptors (Lipinski definition) is 3. The first kappa shape index (κ1) is 14.6. The summed E-state index contributed by atoms with van der Waals surface area (Å²) in [6, 6.07) is 6.04. The Bertz CT molecular complexity index is 463. The lowest BCUT2D eigenvalue weighted by molar-refractivity contribution is -0.111. The predicted molar refractivity (Wildman–Crippen MR) is 80.2 cm³/mol. The van der Waals surface area contributed by atoms with Gasteiger partial charge in [0.25, 0.3) is 0 Å². The van der Waals surface area contributed by atoms with E-state index in [-0.39, 0.29) is 6.29 Å². The second-order valence-corrected chi connectivity index (χ2v) is 6.22. The Morgan fingerprint density at radius 3 is 2.70 bits per heavy atom. The zero-order chi connectivity index (χ0) is 13.9. The van der Waals surface area contributed by atoms with Crippen molar-refractivity contribution in [3.8, 4) is 0 Å². The van der Waals surface area contributed by atoms with E-state index in [1.807, 2.05) is 12.1 Å². The Morgan fingerprint density at radius 2 is 1.95 bits per heavy atom. The Hall–Kier alpha value is -0.320. The molecule has 2 aliphatic rings. The maximum Gasteiger partial charge on any atom is 0.173 e. The minimum atomic E-state index is -0.0821. The van der Waals surface area contributed by atoms with E-state index in [0.717, 1.165) is 30.1 Å². The first-order chi connectivity index (χ1) is 9.74. The second kappa shape index (κ2) is 6.63. The van der Waals surface area contributed by atoms with E-state index in [0.29, 0.717) is 24.3 Å². The summed E-state index contributed by atoms with van der Waals surface area (Å²) in [4.78, 5) is 2.43. The van der Waals surface area contributed by atoms with Gasteiger partial charge in [0.05, 0.1) is 19.3 Å². The van der Waals surface area contributed by atoms with Gasteiger partial charge in [-0.05, 0) is 37.1 Å². The molecule has 20 heavy (non-hydrogen) atoms. The van der Waals surface area contributed by atoms with Crippen LogP contribution in [0.15, 0.2) is 18.2 Å². The molecule has 1 aromatic rings. The lowest BCUT2D eigenvalue weighted by Gasteiger charge is -2.38. The van der Waals surface area contributed by atoms with Crippen molar-refractivity contribution in [1.82, 2.24) is 4.90 Å². The largest absolute Gasteiger partial charge is 0.349 e. The van der Waals surface area contributed by atoms with Crippen molar-refractivity contribution in [2.24, 2.45) is 0 Å². The van der Waals surface area contributed by atoms with E-state index in [4.69, 9.17) is 32.7 Å². The summed E-state index contributed by atoms with van der Waals surface area (Å²) < 4.78 is 11.4. The zero-order valence-electron chi connectivity index (χ0n) is 11.4. The highest BCUT2D eigenvalue weighted by Crippen LogP contribution is 2.28. The topological polar surface area (TPSA) is 21.7 Å². The van der Waals surface area contributed by atoms with Gasteiger partial charge in [-0.25, -0.2) is 0 Å². The van der Waals surface area contributed by atoms with Crippen LogP contribution < -0.4 is 0 Å². The third-order valence-corrected chi connectivity index (χ3v) is 4.60. The fourth-order valence-electron chi connectivity index (χ4n) is 2.99. The molecule has 0 N–H and O–H groups in total. The van der Waals surface area contributed by atoms with Crippen molar-refractivity contribution in [3.63, 3.8) is 0 Å². The first-order valence-electron chi connectivity index (χ1n) is 7.15. The Labute approximate surface area is 129 Å². The standard InChI is InChI=1S/C15H19Cl2NO2/c16-12-5-4-11(13(17)9-12)10-18-6-2-1-3-14(18)15-19-7-8-20-15/h4-5,9,14-15H,1-3,6-8,10H2. The first-order valence-corrected chi connectivity index (χ1v) is 7.91. The molecule has 1 unspecified atom stereocenters. The normalized spacial score (nSPS) is 25.2. The van der Waals surface area contributed by atoms with Crippen LogP contribution in [0.5, 0.6) is 0 Å². The Morgan fingerprint density at radius 1 is 1.15 bits per heavy atom. The van der Waals surface area contributed by atoms with Crippen LogP contribution in [0.4, 0.5) is 0 Å². The summed E-state index contributed by atoms with van der Waals surface area (Å²) in [6.45, 7) is 3.30. The number of rotatable bonds is 3. The molecule has 0 saturated carbocycles. The molecule has 3 nitrogen and oxygen atoms in total. The molecule has 2 heterocycles. The van der Waals surface area contributed by atoms with Crippen molar-refractivity contribution in [2.45, 2.75) is 38.1 Å². The number of halogens is 2. The van der Waals surface area contributed by atoms with Crippen LogP contribution in [0.3, 0.4) is 0 Å². The van der Waals surface area contributed by atoms with Crippen molar-refractivity contribution >= 4 is 23.2 Å². The SMILES string of the molecule is Clc1ccc(CN2CCCCC2C2OCCO2)c(Cl)c1. The fourth-order valence-corrected chi connectivity index (χ4v) is 3.46. The van der Waals surface area contributed by atoms with Gasteiger partial charge in [0.15, 0.2) is 6.29 Å². The molecular formula is C15H19Cl2NO2. The molecule has 2 saturated heterocycles. The van der Waals surface area contributed by atoms with E-state index >= 15 is 0 Å². The maximum atomic E-state index is 6.28. The molecule has 2 aliphatic heterocycles. The van der Waals surface area contributed by atoms with E-state index in [9.17, 15) is 0 Å². The molecule has 5 heteroatoms. The van der Waals surface area contributed by atoms with Gasteiger partial charge in [-0.2, -0.15) is 0 Å². The van der Waals surface area contributed by atoms with Gasteiger partial charge >= 0.3 is 0 Å². The Kier molecular flexibility index (Phi) is 4.84. The average Bonchev–Trinajstić information content (AvgIpc) is 2.96. The summed E-state index contributed by atoms with van der Waals surface area (Å²) in [6.07, 6.45) is 3.49. The van der Waals surface area contributed by atoms with Gasteiger partial charge in [-0.1, -0.05) is 35.7 Å². The van der Waals surface area contributed by atoms with Crippen molar-refractivity contribution in [3.05, 3.63) is 33.8 Å². The van der Waals surface area contributed by atoms with Crippen molar-refractivity contribution in [2.75, 3.05) is 19.8 Å². The average molecular weight is 316 g/mol. The quantitative estimate of drug-likeness (QED) is 0.848. The van der Waals surface area contributed by atoms with Crippen LogP contribution in [0.2, 0.25) is 10.0 Å². The highest BCUT2D eigenvalue weighted by molar-refractivity contribution is 6.35. The van der Waals surface area contributed by atoms with Gasteiger partial charge in [-0.3, -0.25) is 4.90 Å². The van der Waals surface area contributed by atoms with Crippen molar-refractivity contribution in [1.29, 1.82) is 0 Å². The maximum absolute atomic E-state index is 6.28. The molecule has 1 atom stereocenters. The number of ether oxygens (including phenoxy) is 2. The molecule has 110 valence electrons. The highest BCUT2D eigenvalue weighted by atomic mass is 35.5. The third kappa shape index (κ3) is 3.29. The second-order valence-electron chi connectivity index (χ2n) is 5.38. The van der Waals surface area contributed by atoms with Gasteiger partial charge in [-0.15, -0.1) is 0 Å². The van der Waals surface area contributed by atoms with E-state index in [1.54, 1.807) is 6.07 Å². The molecule has 3 rings (SSSR count). The highest BCUT2D eigenvalue weighted by Gasteiger charge is 2.33. The van der Waals surface area contributed by atoms with E-state index in [1.165, 1.54) is 12.8 Å². The van der Waals surface area contributed by atoms with Crippen LogP contribution in [0, 0.1) is 0 Å². The Balaban J connectivity index is 1.72. The molecule has 0 radical (unpaired) electrons. The van der Waals surface area contributed by atoms with Crippen LogP contribution >= 0.6 is 23.2 Å². The molecule has 0 amide bonds. The number of benzene rings is 1. The lowest BCUT2D eigenvalue weighted by atomic mass is 10.0. The molecule has 0 bridgehead atoms. The van der Waals surface area contributed by atoms with Gasteiger partial charge in [0, 0.05) is 16.6 Å². The monoisotopic (exact) mass is 315 g/mol. The van der Waals surface area contributed by atoms with Crippen LogP contribution in [-0.4, -0.2) is 37.0 Å². The number of likely N-dealkylation sites (tertiary alicyclic amines) is 1. The summed E-state index contributed by atoms with van der Waals surface area (Å²) in [5.74, 6) is 0. The van der Waals surface area contributed by atoms with Gasteiger partial charge < -0.3 is 9.47 Å². The third-order valence-electron chi connectivity index (χ3n) is 4.01. The zero-order valence-corrected chi connectivity index (χ0v) is 12.9. The minimum absolute atomic E-state index is 0.0821. The molecule has 2 fully saturated rings. The smallest absolute Gasteiger partial charge is 0.173 e. The molecular weight excluding hydrogens is 297 g/mol. The summed E-state index contributed by atoms with van der Waals surface area (Å²) in [7, 11) is 0. The number of nitrogens with zero attached hydrogens (tertiary/aromatic N) is 1. The summed E-state index contributed by atoms with van der Waals surface area (Å²) in [5, 5.41) is 1.41.